The van der Waals surface area contributed by atoms with E-state index < -0.39 is 0 Å². The van der Waals surface area contributed by atoms with Gasteiger partial charge < -0.3 is 0 Å². The van der Waals surface area contributed by atoms with Gasteiger partial charge in [0.25, 0.3) is 0 Å². The molecular weight excluding hydrogens is 220 g/mol. The normalized spacial score (nSPS) is 11.1. The van der Waals surface area contributed by atoms with Crippen LogP contribution in [0.15, 0.2) is 42.5 Å². The van der Waals surface area contributed by atoms with E-state index in [9.17, 15) is 4.79 Å². The van der Waals surface area contributed by atoms with Crippen LogP contribution in [-0.2, 0) is 4.79 Å². The number of carbonyl (C=O) groups is 1. The lowest BCUT2D eigenvalue weighted by atomic mass is 10.0. The lowest BCUT2D eigenvalue weighted by molar-refractivity contribution is -0.112. The molecule has 0 bridgehead atoms. The van der Waals surface area contributed by atoms with Gasteiger partial charge in [-0.1, -0.05) is 48.0 Å². The SMILES string of the molecule is CC(=O)/C=C/c1cccc2cccc(Cl)c12. The molecule has 16 heavy (non-hydrogen) atoms. The van der Waals surface area contributed by atoms with Crippen molar-refractivity contribution in [2.45, 2.75) is 6.92 Å². The van der Waals surface area contributed by atoms with Crippen LogP contribution in [0.2, 0.25) is 5.02 Å². The second kappa shape index (κ2) is 4.50. The van der Waals surface area contributed by atoms with Crippen LogP contribution in [0, 0.1) is 0 Å². The Kier molecular flexibility index (Phi) is 3.07. The Morgan fingerprint density at radius 3 is 2.56 bits per heavy atom. The number of hydrogen-bond acceptors (Lipinski definition) is 1. The lowest BCUT2D eigenvalue weighted by Crippen LogP contribution is -1.83. The summed E-state index contributed by atoms with van der Waals surface area (Å²) in [5, 5.41) is 2.78. The smallest absolute Gasteiger partial charge is 0.152 e. The zero-order valence-corrected chi connectivity index (χ0v) is 9.66. The van der Waals surface area contributed by atoms with Crippen molar-refractivity contribution >= 4 is 34.2 Å². The first kappa shape index (κ1) is 10.9. The van der Waals surface area contributed by atoms with Gasteiger partial charge in [-0.3, -0.25) is 4.79 Å². The van der Waals surface area contributed by atoms with E-state index in [1.54, 1.807) is 12.2 Å². The van der Waals surface area contributed by atoms with Gasteiger partial charge in [-0.05, 0) is 30.0 Å². The van der Waals surface area contributed by atoms with Gasteiger partial charge in [0.15, 0.2) is 5.78 Å². The number of allylic oxidation sites excluding steroid dienone is 1. The van der Waals surface area contributed by atoms with Crippen LogP contribution in [0.3, 0.4) is 0 Å². The molecule has 0 N–H and O–H groups in total. The van der Waals surface area contributed by atoms with Crippen molar-refractivity contribution in [1.29, 1.82) is 0 Å². The molecule has 0 spiro atoms. The van der Waals surface area contributed by atoms with Gasteiger partial charge in [0.05, 0.1) is 0 Å². The lowest BCUT2D eigenvalue weighted by Gasteiger charge is -2.03. The van der Waals surface area contributed by atoms with Gasteiger partial charge in [-0.15, -0.1) is 0 Å². The van der Waals surface area contributed by atoms with Crippen molar-refractivity contribution in [3.8, 4) is 0 Å². The van der Waals surface area contributed by atoms with Crippen LogP contribution < -0.4 is 0 Å². The molecule has 2 rings (SSSR count). The number of halogens is 1. The van der Waals surface area contributed by atoms with E-state index >= 15 is 0 Å². The molecule has 0 aromatic heterocycles. The average molecular weight is 231 g/mol. The van der Waals surface area contributed by atoms with Crippen LogP contribution in [0.5, 0.6) is 0 Å². The van der Waals surface area contributed by atoms with E-state index in [0.29, 0.717) is 5.02 Å². The van der Waals surface area contributed by atoms with Gasteiger partial charge in [0.1, 0.15) is 0 Å². The summed E-state index contributed by atoms with van der Waals surface area (Å²) >= 11 is 6.16. The van der Waals surface area contributed by atoms with Gasteiger partial charge in [0, 0.05) is 10.4 Å². The predicted octanol–water partition coefficient (Wildman–Crippen LogP) is 4.10. The zero-order valence-electron chi connectivity index (χ0n) is 8.91. The first-order valence-corrected chi connectivity index (χ1v) is 5.42. The number of ketones is 1. The topological polar surface area (TPSA) is 17.1 Å². The maximum Gasteiger partial charge on any atom is 0.152 e. The Hall–Kier alpha value is -1.60. The monoisotopic (exact) mass is 230 g/mol. The molecule has 2 aromatic carbocycles. The molecule has 0 aliphatic heterocycles. The van der Waals surface area contributed by atoms with Crippen molar-refractivity contribution in [2.24, 2.45) is 0 Å². The summed E-state index contributed by atoms with van der Waals surface area (Å²) in [4.78, 5) is 10.9. The summed E-state index contributed by atoms with van der Waals surface area (Å²) in [5.74, 6) is 0.0315. The molecule has 0 aliphatic carbocycles. The molecule has 0 saturated heterocycles. The van der Waals surface area contributed by atoms with Gasteiger partial charge in [-0.25, -0.2) is 0 Å². The van der Waals surface area contributed by atoms with Crippen molar-refractivity contribution in [2.75, 3.05) is 0 Å². The molecule has 0 radical (unpaired) electrons. The summed E-state index contributed by atoms with van der Waals surface area (Å²) in [5.41, 5.74) is 0.971. The molecular formula is C14H11ClO. The Labute approximate surface area is 99.3 Å². The van der Waals surface area contributed by atoms with Crippen LogP contribution in [-0.4, -0.2) is 5.78 Å². The maximum atomic E-state index is 10.9. The standard InChI is InChI=1S/C14H11ClO/c1-10(16)8-9-12-5-2-4-11-6-3-7-13(15)14(11)12/h2-9H,1H3/b9-8+. The molecule has 80 valence electrons. The summed E-state index contributed by atoms with van der Waals surface area (Å²) in [6, 6.07) is 11.7. The average Bonchev–Trinajstić information content (AvgIpc) is 2.26. The van der Waals surface area contributed by atoms with E-state index in [0.717, 1.165) is 16.3 Å². The highest BCUT2D eigenvalue weighted by molar-refractivity contribution is 6.36. The first-order valence-electron chi connectivity index (χ1n) is 5.04. The number of fused-ring (bicyclic) bond motifs is 1. The Balaban J connectivity index is 2.65. The minimum absolute atomic E-state index is 0.0315. The number of benzene rings is 2. The molecule has 0 unspecified atom stereocenters. The fourth-order valence-corrected chi connectivity index (χ4v) is 1.96. The molecule has 0 atom stereocenters. The molecule has 2 aromatic rings. The molecule has 2 heteroatoms. The molecule has 0 aliphatic rings. The van der Waals surface area contributed by atoms with Crippen LogP contribution >= 0.6 is 11.6 Å². The molecule has 0 saturated carbocycles. The van der Waals surface area contributed by atoms with E-state index in [1.807, 2.05) is 36.4 Å². The van der Waals surface area contributed by atoms with Crippen molar-refractivity contribution in [1.82, 2.24) is 0 Å². The van der Waals surface area contributed by atoms with E-state index in [1.165, 1.54) is 6.92 Å². The van der Waals surface area contributed by atoms with Crippen LogP contribution in [0.4, 0.5) is 0 Å². The summed E-state index contributed by atoms with van der Waals surface area (Å²) in [7, 11) is 0. The predicted molar refractivity (Wildman–Crippen MR) is 68.7 cm³/mol. The van der Waals surface area contributed by atoms with Crippen molar-refractivity contribution < 1.29 is 4.79 Å². The molecule has 0 fully saturated rings. The van der Waals surface area contributed by atoms with E-state index in [-0.39, 0.29) is 5.78 Å². The first-order chi connectivity index (χ1) is 7.68. The molecule has 0 heterocycles. The highest BCUT2D eigenvalue weighted by Gasteiger charge is 2.01. The fourth-order valence-electron chi connectivity index (χ4n) is 1.67. The van der Waals surface area contributed by atoms with Gasteiger partial charge in [0.2, 0.25) is 0 Å². The van der Waals surface area contributed by atoms with Crippen LogP contribution in [0.1, 0.15) is 12.5 Å². The highest BCUT2D eigenvalue weighted by atomic mass is 35.5. The third-order valence-corrected chi connectivity index (χ3v) is 2.70. The molecule has 1 nitrogen and oxygen atoms in total. The quantitative estimate of drug-likeness (QED) is 0.710. The van der Waals surface area contributed by atoms with Crippen molar-refractivity contribution in [3.63, 3.8) is 0 Å². The number of hydrogen-bond donors (Lipinski definition) is 0. The molecule has 0 amide bonds. The van der Waals surface area contributed by atoms with E-state index in [4.69, 9.17) is 11.6 Å². The summed E-state index contributed by atoms with van der Waals surface area (Å²) in [6.45, 7) is 1.53. The Bertz CT molecular complexity index is 565. The summed E-state index contributed by atoms with van der Waals surface area (Å²) in [6.07, 6.45) is 3.36. The van der Waals surface area contributed by atoms with Crippen molar-refractivity contribution in [3.05, 3.63) is 53.1 Å². The van der Waals surface area contributed by atoms with Gasteiger partial charge in [-0.2, -0.15) is 0 Å². The maximum absolute atomic E-state index is 10.9. The second-order valence-corrected chi connectivity index (χ2v) is 4.04. The Morgan fingerprint density at radius 1 is 1.19 bits per heavy atom. The largest absolute Gasteiger partial charge is 0.295 e. The third kappa shape index (κ3) is 2.15. The van der Waals surface area contributed by atoms with Crippen LogP contribution in [0.25, 0.3) is 16.8 Å². The summed E-state index contributed by atoms with van der Waals surface area (Å²) < 4.78 is 0. The fraction of sp³-hybridized carbons (Fsp3) is 0.0714. The minimum atomic E-state index is 0.0315. The van der Waals surface area contributed by atoms with Gasteiger partial charge >= 0.3 is 0 Å². The highest BCUT2D eigenvalue weighted by Crippen LogP contribution is 2.27. The number of rotatable bonds is 2. The zero-order chi connectivity index (χ0) is 11.5. The third-order valence-electron chi connectivity index (χ3n) is 2.38. The van der Waals surface area contributed by atoms with E-state index in [2.05, 4.69) is 0 Å². The Morgan fingerprint density at radius 2 is 1.88 bits per heavy atom. The number of carbonyl (C=O) groups excluding carboxylic acids is 1. The minimum Gasteiger partial charge on any atom is -0.295 e. The second-order valence-electron chi connectivity index (χ2n) is 3.63.